The Morgan fingerprint density at radius 1 is 0.946 bits per heavy atom. The van der Waals surface area contributed by atoms with Crippen LogP contribution in [-0.2, 0) is 21.8 Å². The SMILES string of the molecule is Cn1cc(-c2cn(S(=O)(=O)c3ccccc3)c3ncc(C4CCC(NC5CCOCC5)CC4)cc23)cn1. The lowest BCUT2D eigenvalue weighted by Gasteiger charge is -2.33. The fourth-order valence-corrected chi connectivity index (χ4v) is 7.13. The number of aromatic nitrogens is 4. The van der Waals surface area contributed by atoms with Crippen LogP contribution in [-0.4, -0.2) is 52.5 Å². The lowest BCUT2D eigenvalue weighted by Crippen LogP contribution is -2.43. The monoisotopic (exact) mass is 519 g/mol. The van der Waals surface area contributed by atoms with E-state index >= 15 is 0 Å². The van der Waals surface area contributed by atoms with Gasteiger partial charge in [-0.3, -0.25) is 4.68 Å². The molecule has 1 aromatic carbocycles. The molecule has 1 aliphatic heterocycles. The summed E-state index contributed by atoms with van der Waals surface area (Å²) in [6.07, 6.45) is 13.9. The highest BCUT2D eigenvalue weighted by molar-refractivity contribution is 7.90. The predicted octanol–water partition coefficient (Wildman–Crippen LogP) is 4.47. The molecule has 4 heterocycles. The summed E-state index contributed by atoms with van der Waals surface area (Å²) in [5, 5.41) is 9.01. The fraction of sp³-hybridized carbons (Fsp3) is 0.429. The van der Waals surface area contributed by atoms with Crippen LogP contribution in [0.4, 0.5) is 0 Å². The van der Waals surface area contributed by atoms with Gasteiger partial charge in [0.2, 0.25) is 0 Å². The normalized spacial score (nSPS) is 21.4. The largest absolute Gasteiger partial charge is 0.381 e. The van der Waals surface area contributed by atoms with Gasteiger partial charge in [0.05, 0.1) is 11.1 Å². The maximum Gasteiger partial charge on any atom is 0.269 e. The summed E-state index contributed by atoms with van der Waals surface area (Å²) in [4.78, 5) is 4.98. The van der Waals surface area contributed by atoms with Gasteiger partial charge in [0.25, 0.3) is 10.0 Å². The van der Waals surface area contributed by atoms with Crippen molar-refractivity contribution in [2.75, 3.05) is 13.2 Å². The maximum atomic E-state index is 13.6. The molecule has 0 radical (unpaired) electrons. The number of nitrogens with zero attached hydrogens (tertiary/aromatic N) is 4. The molecule has 2 aliphatic rings. The van der Waals surface area contributed by atoms with Crippen molar-refractivity contribution < 1.29 is 13.2 Å². The fourth-order valence-electron chi connectivity index (χ4n) is 5.79. The molecule has 9 heteroatoms. The molecule has 37 heavy (non-hydrogen) atoms. The number of hydrogen-bond acceptors (Lipinski definition) is 6. The topological polar surface area (TPSA) is 91.0 Å². The Balaban J connectivity index is 1.31. The molecule has 6 rings (SSSR count). The first-order valence-electron chi connectivity index (χ1n) is 13.1. The van der Waals surface area contributed by atoms with Gasteiger partial charge in [-0.1, -0.05) is 18.2 Å². The Morgan fingerprint density at radius 3 is 2.38 bits per heavy atom. The molecule has 0 bridgehead atoms. The van der Waals surface area contributed by atoms with Crippen molar-refractivity contribution in [1.29, 1.82) is 0 Å². The molecule has 1 saturated heterocycles. The Labute approximate surface area is 217 Å². The van der Waals surface area contributed by atoms with Gasteiger partial charge in [-0.05, 0) is 68.2 Å². The summed E-state index contributed by atoms with van der Waals surface area (Å²) in [7, 11) is -1.93. The molecule has 8 nitrogen and oxygen atoms in total. The van der Waals surface area contributed by atoms with E-state index in [0.29, 0.717) is 23.6 Å². The number of hydrogen-bond donors (Lipinski definition) is 1. The average molecular weight is 520 g/mol. The van der Waals surface area contributed by atoms with Crippen molar-refractivity contribution >= 4 is 21.1 Å². The minimum Gasteiger partial charge on any atom is -0.381 e. The van der Waals surface area contributed by atoms with E-state index in [1.807, 2.05) is 25.5 Å². The zero-order valence-corrected chi connectivity index (χ0v) is 21.9. The second kappa shape index (κ2) is 10.0. The molecule has 3 aromatic heterocycles. The van der Waals surface area contributed by atoms with Crippen LogP contribution in [0.3, 0.4) is 0 Å². The zero-order valence-electron chi connectivity index (χ0n) is 21.1. The first-order valence-corrected chi connectivity index (χ1v) is 14.6. The summed E-state index contributed by atoms with van der Waals surface area (Å²) in [6.45, 7) is 1.72. The third-order valence-corrected chi connectivity index (χ3v) is 9.50. The second-order valence-electron chi connectivity index (χ2n) is 10.3. The maximum absolute atomic E-state index is 13.6. The summed E-state index contributed by atoms with van der Waals surface area (Å²) in [6, 6.07) is 11.8. The molecule has 0 spiro atoms. The lowest BCUT2D eigenvalue weighted by molar-refractivity contribution is 0.0729. The van der Waals surface area contributed by atoms with Gasteiger partial charge in [0, 0.05) is 67.4 Å². The highest BCUT2D eigenvalue weighted by atomic mass is 32.2. The van der Waals surface area contributed by atoms with Gasteiger partial charge in [-0.15, -0.1) is 0 Å². The van der Waals surface area contributed by atoms with Gasteiger partial charge in [-0.2, -0.15) is 5.10 Å². The molecule has 4 aromatic rings. The van der Waals surface area contributed by atoms with Crippen molar-refractivity contribution in [3.8, 4) is 11.1 Å². The number of rotatable bonds is 6. The van der Waals surface area contributed by atoms with Crippen LogP contribution in [0.1, 0.15) is 50.0 Å². The third-order valence-electron chi connectivity index (χ3n) is 7.84. The van der Waals surface area contributed by atoms with Gasteiger partial charge < -0.3 is 10.1 Å². The first-order chi connectivity index (χ1) is 18.0. The van der Waals surface area contributed by atoms with Gasteiger partial charge in [-0.25, -0.2) is 17.4 Å². The molecule has 0 atom stereocenters. The van der Waals surface area contributed by atoms with E-state index in [0.717, 1.165) is 68.3 Å². The number of fused-ring (bicyclic) bond motifs is 1. The Bertz CT molecular complexity index is 1480. The van der Waals surface area contributed by atoms with Crippen molar-refractivity contribution in [3.05, 3.63) is 66.7 Å². The Morgan fingerprint density at radius 2 is 1.68 bits per heavy atom. The third kappa shape index (κ3) is 4.83. The van der Waals surface area contributed by atoms with E-state index in [9.17, 15) is 8.42 Å². The Hall–Kier alpha value is -3.01. The Kier molecular flexibility index (Phi) is 6.60. The summed E-state index contributed by atoms with van der Waals surface area (Å²) in [5.41, 5.74) is 3.32. The van der Waals surface area contributed by atoms with Crippen LogP contribution in [0.25, 0.3) is 22.2 Å². The highest BCUT2D eigenvalue weighted by Crippen LogP contribution is 2.37. The number of nitrogens with one attached hydrogen (secondary N) is 1. The quantitative estimate of drug-likeness (QED) is 0.404. The van der Waals surface area contributed by atoms with Crippen LogP contribution in [0.15, 0.2) is 66.1 Å². The van der Waals surface area contributed by atoms with Crippen molar-refractivity contribution in [1.82, 2.24) is 24.1 Å². The number of aryl methyl sites for hydroxylation is 1. The van der Waals surface area contributed by atoms with Crippen LogP contribution in [0.5, 0.6) is 0 Å². The van der Waals surface area contributed by atoms with Crippen molar-refractivity contribution in [2.24, 2.45) is 7.05 Å². The predicted molar refractivity (Wildman–Crippen MR) is 143 cm³/mol. The van der Waals surface area contributed by atoms with Crippen LogP contribution in [0.2, 0.25) is 0 Å². The minimum atomic E-state index is -3.80. The number of pyridine rings is 1. The standard InChI is InChI=1S/C28H33N5O3S/c1-32-18-22(17-30-32)27-19-33(37(34,35)25-5-3-2-4-6-25)28-26(27)15-21(16-29-28)20-7-9-23(10-8-20)31-24-11-13-36-14-12-24/h2-6,15-20,23-24,31H,7-14H2,1H3. The molecule has 0 unspecified atom stereocenters. The van der Waals surface area contributed by atoms with E-state index in [2.05, 4.69) is 16.5 Å². The van der Waals surface area contributed by atoms with Crippen LogP contribution in [0, 0.1) is 0 Å². The van der Waals surface area contributed by atoms with E-state index in [4.69, 9.17) is 9.72 Å². The van der Waals surface area contributed by atoms with Crippen LogP contribution >= 0.6 is 0 Å². The molecule has 2 fully saturated rings. The molecule has 1 N–H and O–H groups in total. The average Bonchev–Trinajstić information content (AvgIpc) is 3.53. The number of benzene rings is 1. The van der Waals surface area contributed by atoms with Crippen LogP contribution < -0.4 is 5.32 Å². The van der Waals surface area contributed by atoms with Gasteiger partial charge in [0.15, 0.2) is 5.65 Å². The van der Waals surface area contributed by atoms with E-state index in [1.165, 1.54) is 9.54 Å². The number of ether oxygens (including phenoxy) is 1. The summed E-state index contributed by atoms with van der Waals surface area (Å²) in [5.74, 6) is 0.417. The van der Waals surface area contributed by atoms with Crippen molar-refractivity contribution in [3.63, 3.8) is 0 Å². The molecule has 1 aliphatic carbocycles. The molecule has 1 saturated carbocycles. The zero-order chi connectivity index (χ0) is 25.4. The minimum absolute atomic E-state index is 0.242. The summed E-state index contributed by atoms with van der Waals surface area (Å²) < 4.78 is 35.7. The summed E-state index contributed by atoms with van der Waals surface area (Å²) >= 11 is 0. The smallest absolute Gasteiger partial charge is 0.269 e. The lowest BCUT2D eigenvalue weighted by atomic mass is 9.81. The van der Waals surface area contributed by atoms with Crippen molar-refractivity contribution in [2.45, 2.75) is 61.4 Å². The second-order valence-corrected chi connectivity index (χ2v) is 12.1. The van der Waals surface area contributed by atoms with E-state index < -0.39 is 10.0 Å². The highest BCUT2D eigenvalue weighted by Gasteiger charge is 2.27. The van der Waals surface area contributed by atoms with Gasteiger partial charge in [0.1, 0.15) is 0 Å². The first kappa shape index (κ1) is 24.3. The van der Waals surface area contributed by atoms with E-state index in [1.54, 1.807) is 41.3 Å². The molecular formula is C28H33N5O3S. The van der Waals surface area contributed by atoms with E-state index in [-0.39, 0.29) is 4.90 Å². The molecule has 0 amide bonds. The molecule has 194 valence electrons. The van der Waals surface area contributed by atoms with Gasteiger partial charge >= 0.3 is 0 Å². The molecular weight excluding hydrogens is 486 g/mol.